The lowest BCUT2D eigenvalue weighted by atomic mass is 9.86. The van der Waals surface area contributed by atoms with Gasteiger partial charge in [-0.25, -0.2) is 0 Å². The molecule has 1 N–H and O–H groups in total. The Morgan fingerprint density at radius 3 is 2.35 bits per heavy atom. The maximum Gasteiger partial charge on any atom is 0.118 e. The molecule has 0 aromatic heterocycles. The van der Waals surface area contributed by atoms with Gasteiger partial charge in [0.1, 0.15) is 5.75 Å². The van der Waals surface area contributed by atoms with Crippen molar-refractivity contribution in [2.24, 2.45) is 0 Å². The predicted octanol–water partition coefficient (Wildman–Crippen LogP) is 4.22. The second kappa shape index (κ2) is 6.41. The summed E-state index contributed by atoms with van der Waals surface area (Å²) in [5.41, 5.74) is 4.87. The number of dihydropyridines is 1. The number of nitrogens with zero attached hydrogens (tertiary/aromatic N) is 1. The number of methoxy groups -OCH3 is 1. The van der Waals surface area contributed by atoms with Crippen LogP contribution in [0.15, 0.2) is 71.9 Å². The summed E-state index contributed by atoms with van der Waals surface area (Å²) in [5, 5.41) is 12.9. The number of nitrogens with one attached hydrogen (secondary N) is 1. The molecule has 2 aromatic rings. The average molecular weight is 302 g/mol. The van der Waals surface area contributed by atoms with Crippen molar-refractivity contribution in [1.29, 1.82) is 5.26 Å². The van der Waals surface area contributed by atoms with Crippen LogP contribution in [0.5, 0.6) is 5.75 Å². The van der Waals surface area contributed by atoms with Crippen molar-refractivity contribution >= 4 is 5.70 Å². The van der Waals surface area contributed by atoms with E-state index in [-0.39, 0.29) is 5.92 Å². The lowest BCUT2D eigenvalue weighted by Gasteiger charge is -2.25. The number of nitriles is 1. The molecule has 1 aliphatic rings. The molecule has 3 rings (SSSR count). The first-order chi connectivity index (χ1) is 11.2. The van der Waals surface area contributed by atoms with Crippen molar-refractivity contribution in [3.63, 3.8) is 0 Å². The molecule has 0 saturated carbocycles. The molecule has 0 fully saturated rings. The summed E-state index contributed by atoms with van der Waals surface area (Å²) in [6, 6.07) is 20.4. The average Bonchev–Trinajstić information content (AvgIpc) is 2.62. The van der Waals surface area contributed by atoms with Gasteiger partial charge in [-0.3, -0.25) is 0 Å². The molecule has 0 spiro atoms. The van der Waals surface area contributed by atoms with E-state index in [1.807, 2.05) is 49.4 Å². The highest BCUT2D eigenvalue weighted by atomic mass is 16.5. The Labute approximate surface area is 136 Å². The van der Waals surface area contributed by atoms with E-state index in [1.165, 1.54) is 0 Å². The van der Waals surface area contributed by atoms with Crippen LogP contribution < -0.4 is 10.1 Å². The van der Waals surface area contributed by atoms with Crippen LogP contribution in [0.2, 0.25) is 0 Å². The van der Waals surface area contributed by atoms with E-state index < -0.39 is 0 Å². The van der Waals surface area contributed by atoms with E-state index in [1.54, 1.807) is 7.11 Å². The summed E-state index contributed by atoms with van der Waals surface area (Å²) < 4.78 is 5.22. The van der Waals surface area contributed by atoms with Crippen LogP contribution in [0.25, 0.3) is 5.70 Å². The van der Waals surface area contributed by atoms with Crippen molar-refractivity contribution in [3.05, 3.63) is 83.1 Å². The fourth-order valence-electron chi connectivity index (χ4n) is 2.81. The number of hydrogen-bond donors (Lipinski definition) is 1. The largest absolute Gasteiger partial charge is 0.497 e. The molecule has 2 aromatic carbocycles. The zero-order valence-electron chi connectivity index (χ0n) is 13.2. The second-order valence-corrected chi connectivity index (χ2v) is 5.47. The van der Waals surface area contributed by atoms with Crippen molar-refractivity contribution in [3.8, 4) is 11.8 Å². The SMILES string of the molecule is COc1ccc(C2C=C(c3ccccc3)NC(C)=C2C#N)cc1. The third kappa shape index (κ3) is 2.97. The minimum absolute atomic E-state index is 0.0534. The molecule has 3 nitrogen and oxygen atoms in total. The molecular formula is C20H18N2O. The molecule has 0 amide bonds. The second-order valence-electron chi connectivity index (χ2n) is 5.47. The van der Waals surface area contributed by atoms with E-state index in [0.717, 1.165) is 33.8 Å². The lowest BCUT2D eigenvalue weighted by molar-refractivity contribution is 0.414. The van der Waals surface area contributed by atoms with Crippen LogP contribution in [0.3, 0.4) is 0 Å². The number of ether oxygens (including phenoxy) is 1. The van der Waals surface area contributed by atoms with Gasteiger partial charge in [0, 0.05) is 17.3 Å². The highest BCUT2D eigenvalue weighted by Gasteiger charge is 2.23. The van der Waals surface area contributed by atoms with Crippen molar-refractivity contribution in [1.82, 2.24) is 5.32 Å². The maximum absolute atomic E-state index is 9.55. The fraction of sp³-hybridized carbons (Fsp3) is 0.150. The Kier molecular flexibility index (Phi) is 4.16. The Morgan fingerprint density at radius 1 is 1.04 bits per heavy atom. The Bertz CT molecular complexity index is 796. The monoisotopic (exact) mass is 302 g/mol. The normalized spacial score (nSPS) is 17.1. The van der Waals surface area contributed by atoms with E-state index in [9.17, 15) is 5.26 Å². The minimum atomic E-state index is -0.0534. The fourth-order valence-corrected chi connectivity index (χ4v) is 2.81. The first-order valence-corrected chi connectivity index (χ1v) is 7.52. The van der Waals surface area contributed by atoms with E-state index in [4.69, 9.17) is 4.74 Å². The maximum atomic E-state index is 9.55. The van der Waals surface area contributed by atoms with Gasteiger partial charge in [0.05, 0.1) is 18.8 Å². The van der Waals surface area contributed by atoms with Crippen LogP contribution in [-0.2, 0) is 0 Å². The van der Waals surface area contributed by atoms with Gasteiger partial charge in [0.25, 0.3) is 0 Å². The van der Waals surface area contributed by atoms with Crippen LogP contribution in [0.1, 0.15) is 24.0 Å². The first kappa shape index (κ1) is 14.9. The van der Waals surface area contributed by atoms with Crippen LogP contribution in [-0.4, -0.2) is 7.11 Å². The van der Waals surface area contributed by atoms with Gasteiger partial charge < -0.3 is 10.1 Å². The van der Waals surface area contributed by atoms with Crippen LogP contribution >= 0.6 is 0 Å². The van der Waals surface area contributed by atoms with Gasteiger partial charge in [-0.1, -0.05) is 42.5 Å². The molecular weight excluding hydrogens is 284 g/mol. The van der Waals surface area contributed by atoms with Crippen molar-refractivity contribution in [2.45, 2.75) is 12.8 Å². The summed E-state index contributed by atoms with van der Waals surface area (Å²) in [6.07, 6.45) is 2.11. The molecule has 0 radical (unpaired) electrons. The Morgan fingerprint density at radius 2 is 1.74 bits per heavy atom. The third-order valence-corrected chi connectivity index (χ3v) is 4.05. The molecule has 23 heavy (non-hydrogen) atoms. The zero-order chi connectivity index (χ0) is 16.2. The van der Waals surface area contributed by atoms with Gasteiger partial charge in [-0.05, 0) is 36.3 Å². The van der Waals surface area contributed by atoms with Crippen LogP contribution in [0.4, 0.5) is 0 Å². The van der Waals surface area contributed by atoms with Gasteiger partial charge in [-0.15, -0.1) is 0 Å². The third-order valence-electron chi connectivity index (χ3n) is 4.05. The molecule has 0 bridgehead atoms. The standard InChI is InChI=1S/C20H18N2O/c1-14-19(13-21)18(15-8-10-17(23-2)11-9-15)12-20(22-14)16-6-4-3-5-7-16/h3-12,18,22H,1-2H3. The number of benzene rings is 2. The Hall–Kier alpha value is -2.99. The highest BCUT2D eigenvalue weighted by Crippen LogP contribution is 2.34. The quantitative estimate of drug-likeness (QED) is 0.923. The molecule has 1 heterocycles. The van der Waals surface area contributed by atoms with Gasteiger partial charge in [-0.2, -0.15) is 5.26 Å². The molecule has 1 aliphatic heterocycles. The van der Waals surface area contributed by atoms with Crippen molar-refractivity contribution in [2.75, 3.05) is 7.11 Å². The molecule has 1 atom stereocenters. The van der Waals surface area contributed by atoms with Gasteiger partial charge >= 0.3 is 0 Å². The molecule has 114 valence electrons. The summed E-state index contributed by atoms with van der Waals surface area (Å²) in [4.78, 5) is 0. The lowest BCUT2D eigenvalue weighted by Crippen LogP contribution is -2.20. The topological polar surface area (TPSA) is 45.0 Å². The van der Waals surface area contributed by atoms with Crippen LogP contribution in [0, 0.1) is 11.3 Å². The zero-order valence-corrected chi connectivity index (χ0v) is 13.2. The predicted molar refractivity (Wildman–Crippen MR) is 91.6 cm³/mol. The number of hydrogen-bond acceptors (Lipinski definition) is 3. The van der Waals surface area contributed by atoms with Gasteiger partial charge in [0.2, 0.25) is 0 Å². The summed E-state index contributed by atoms with van der Waals surface area (Å²) >= 11 is 0. The smallest absolute Gasteiger partial charge is 0.118 e. The number of allylic oxidation sites excluding steroid dienone is 3. The van der Waals surface area contributed by atoms with E-state index in [2.05, 4.69) is 29.6 Å². The number of rotatable bonds is 3. The Balaban J connectivity index is 2.04. The summed E-state index contributed by atoms with van der Waals surface area (Å²) in [6.45, 7) is 1.95. The minimum Gasteiger partial charge on any atom is -0.497 e. The molecule has 3 heteroatoms. The van der Waals surface area contributed by atoms with E-state index >= 15 is 0 Å². The highest BCUT2D eigenvalue weighted by molar-refractivity contribution is 5.70. The first-order valence-electron chi connectivity index (χ1n) is 7.52. The molecule has 1 unspecified atom stereocenters. The molecule has 0 saturated heterocycles. The molecule has 0 aliphatic carbocycles. The van der Waals surface area contributed by atoms with Gasteiger partial charge in [0.15, 0.2) is 0 Å². The summed E-state index contributed by atoms with van der Waals surface area (Å²) in [5.74, 6) is 0.761. The summed E-state index contributed by atoms with van der Waals surface area (Å²) in [7, 11) is 1.65. The van der Waals surface area contributed by atoms with E-state index in [0.29, 0.717) is 0 Å². The van der Waals surface area contributed by atoms with Crippen molar-refractivity contribution < 1.29 is 4.74 Å².